The van der Waals surface area contributed by atoms with E-state index in [0.29, 0.717) is 5.65 Å². The number of anilines is 1. The molecule has 6 nitrogen and oxygen atoms in total. The Morgan fingerprint density at radius 2 is 2.06 bits per heavy atom. The van der Waals surface area contributed by atoms with E-state index in [1.165, 1.54) is 4.63 Å². The number of fused-ring (bicyclic) bond motifs is 1. The van der Waals surface area contributed by atoms with Gasteiger partial charge in [-0.25, -0.2) is 0 Å². The van der Waals surface area contributed by atoms with E-state index >= 15 is 0 Å². The van der Waals surface area contributed by atoms with Gasteiger partial charge in [0.2, 0.25) is 0 Å². The van der Waals surface area contributed by atoms with E-state index in [9.17, 15) is 0 Å². The second-order valence-corrected chi connectivity index (χ2v) is 4.14. The third-order valence-electron chi connectivity index (χ3n) is 3.06. The van der Waals surface area contributed by atoms with Gasteiger partial charge in [-0.05, 0) is 42.3 Å². The van der Waals surface area contributed by atoms with Crippen molar-refractivity contribution in [1.82, 2.24) is 25.3 Å². The number of hydrogen-bond acceptors (Lipinski definition) is 5. The molecule has 2 rings (SSSR count). The summed E-state index contributed by atoms with van der Waals surface area (Å²) >= 11 is 0. The van der Waals surface area contributed by atoms with E-state index in [2.05, 4.69) is 46.7 Å². The average Bonchev–Trinajstić information content (AvgIpc) is 2.76. The van der Waals surface area contributed by atoms with Crippen molar-refractivity contribution < 1.29 is 0 Å². The van der Waals surface area contributed by atoms with E-state index in [-0.39, 0.29) is 5.54 Å². The molecule has 1 N–H and O–H groups in total. The van der Waals surface area contributed by atoms with Gasteiger partial charge in [-0.3, -0.25) is 0 Å². The van der Waals surface area contributed by atoms with Gasteiger partial charge in [0.25, 0.3) is 0 Å². The summed E-state index contributed by atoms with van der Waals surface area (Å²) in [5, 5.41) is 18.8. The summed E-state index contributed by atoms with van der Waals surface area (Å²) in [4.78, 5) is 0. The lowest BCUT2D eigenvalue weighted by molar-refractivity contribution is 0.475. The molecule has 2 aromatic heterocycles. The fourth-order valence-electron chi connectivity index (χ4n) is 1.45. The number of tetrazole rings is 1. The smallest absolute Gasteiger partial charge is 0.200 e. The predicted octanol–water partition coefficient (Wildman–Crippen LogP) is 1.51. The van der Waals surface area contributed by atoms with E-state index in [1.807, 2.05) is 12.1 Å². The van der Waals surface area contributed by atoms with Crippen molar-refractivity contribution in [2.75, 3.05) is 5.32 Å². The Bertz CT molecular complexity index is 473. The van der Waals surface area contributed by atoms with Gasteiger partial charge in [-0.15, -0.1) is 14.8 Å². The second kappa shape index (κ2) is 4.03. The summed E-state index contributed by atoms with van der Waals surface area (Å²) in [6.45, 7) is 6.50. The first kappa shape index (κ1) is 10.8. The summed E-state index contributed by atoms with van der Waals surface area (Å²) in [7, 11) is 0. The average molecular weight is 220 g/mol. The fraction of sp³-hybridized carbons (Fsp3) is 0.600. The lowest BCUT2D eigenvalue weighted by Crippen LogP contribution is -2.33. The Morgan fingerprint density at radius 3 is 2.75 bits per heavy atom. The maximum Gasteiger partial charge on any atom is 0.200 e. The van der Waals surface area contributed by atoms with E-state index in [1.54, 1.807) is 0 Å². The van der Waals surface area contributed by atoms with Gasteiger partial charge in [-0.1, -0.05) is 13.8 Å². The van der Waals surface area contributed by atoms with Crippen LogP contribution in [0.25, 0.3) is 5.65 Å². The summed E-state index contributed by atoms with van der Waals surface area (Å²) in [5.74, 6) is 0.797. The van der Waals surface area contributed by atoms with Gasteiger partial charge in [0, 0.05) is 5.54 Å². The molecule has 0 aromatic carbocycles. The van der Waals surface area contributed by atoms with Crippen molar-refractivity contribution in [2.24, 2.45) is 0 Å². The van der Waals surface area contributed by atoms with Crippen molar-refractivity contribution >= 4 is 11.5 Å². The highest BCUT2D eigenvalue weighted by atomic mass is 15.6. The van der Waals surface area contributed by atoms with Crippen LogP contribution in [0.3, 0.4) is 0 Å². The molecule has 0 aliphatic rings. The first-order chi connectivity index (χ1) is 7.67. The molecule has 2 heterocycles. The zero-order chi connectivity index (χ0) is 11.6. The van der Waals surface area contributed by atoms with Crippen molar-refractivity contribution in [3.8, 4) is 0 Å². The molecule has 0 bridgehead atoms. The Kier molecular flexibility index (Phi) is 2.72. The monoisotopic (exact) mass is 220 g/mol. The van der Waals surface area contributed by atoms with Gasteiger partial charge in [0.1, 0.15) is 5.82 Å². The number of hydrogen-bond donors (Lipinski definition) is 1. The number of aromatic nitrogens is 5. The normalized spacial score (nSPS) is 11.9. The van der Waals surface area contributed by atoms with Crippen LogP contribution < -0.4 is 5.32 Å². The summed E-state index contributed by atoms with van der Waals surface area (Å²) in [6.07, 6.45) is 2.08. The molecule has 0 fully saturated rings. The maximum absolute atomic E-state index is 4.29. The fourth-order valence-corrected chi connectivity index (χ4v) is 1.45. The van der Waals surface area contributed by atoms with E-state index in [0.717, 1.165) is 18.7 Å². The molecule has 0 amide bonds. The Labute approximate surface area is 94.0 Å². The van der Waals surface area contributed by atoms with Crippen LogP contribution in [0.5, 0.6) is 0 Å². The van der Waals surface area contributed by atoms with Gasteiger partial charge >= 0.3 is 0 Å². The quantitative estimate of drug-likeness (QED) is 0.845. The highest BCUT2D eigenvalue weighted by Gasteiger charge is 2.19. The van der Waals surface area contributed by atoms with Crippen LogP contribution in [-0.2, 0) is 0 Å². The standard InChI is InChI=1S/C10H16N6/c1-4-10(3,5-2)11-8-6-7-9-12-14-15-16(9)13-8/h6-7H,4-5H2,1-3H3,(H,11,13). The van der Waals surface area contributed by atoms with E-state index in [4.69, 9.17) is 0 Å². The van der Waals surface area contributed by atoms with Gasteiger partial charge in [0.15, 0.2) is 5.65 Å². The molecular weight excluding hydrogens is 204 g/mol. The van der Waals surface area contributed by atoms with Gasteiger partial charge < -0.3 is 5.32 Å². The van der Waals surface area contributed by atoms with Crippen molar-refractivity contribution in [3.63, 3.8) is 0 Å². The Morgan fingerprint density at radius 1 is 1.31 bits per heavy atom. The minimum absolute atomic E-state index is 0.0642. The first-order valence-electron chi connectivity index (χ1n) is 5.50. The largest absolute Gasteiger partial charge is 0.363 e. The minimum atomic E-state index is 0.0642. The summed E-state index contributed by atoms with van der Waals surface area (Å²) in [5.41, 5.74) is 0.717. The first-order valence-corrected chi connectivity index (χ1v) is 5.50. The molecular formula is C10H16N6. The van der Waals surface area contributed by atoms with Gasteiger partial charge in [0.05, 0.1) is 0 Å². The molecule has 16 heavy (non-hydrogen) atoms. The van der Waals surface area contributed by atoms with Crippen LogP contribution in [0.1, 0.15) is 33.6 Å². The molecule has 0 saturated carbocycles. The van der Waals surface area contributed by atoms with Crippen molar-refractivity contribution in [2.45, 2.75) is 39.2 Å². The highest BCUT2D eigenvalue weighted by Crippen LogP contribution is 2.19. The van der Waals surface area contributed by atoms with E-state index < -0.39 is 0 Å². The Hall–Kier alpha value is -1.72. The zero-order valence-electron chi connectivity index (χ0n) is 9.80. The zero-order valence-corrected chi connectivity index (χ0v) is 9.80. The Balaban J connectivity index is 2.26. The van der Waals surface area contributed by atoms with Crippen LogP contribution in [0, 0.1) is 0 Å². The van der Waals surface area contributed by atoms with Gasteiger partial charge in [-0.2, -0.15) is 0 Å². The highest BCUT2D eigenvalue weighted by molar-refractivity contribution is 5.43. The van der Waals surface area contributed by atoms with Crippen molar-refractivity contribution in [3.05, 3.63) is 12.1 Å². The molecule has 0 radical (unpaired) electrons. The third kappa shape index (κ3) is 1.95. The SMILES string of the molecule is CCC(C)(CC)Nc1ccc2nnnn2n1. The third-order valence-corrected chi connectivity index (χ3v) is 3.06. The van der Waals surface area contributed by atoms with Crippen LogP contribution in [0.4, 0.5) is 5.82 Å². The number of nitrogens with zero attached hydrogens (tertiary/aromatic N) is 5. The van der Waals surface area contributed by atoms with Crippen molar-refractivity contribution in [1.29, 1.82) is 0 Å². The molecule has 0 aliphatic heterocycles. The molecule has 0 saturated heterocycles. The van der Waals surface area contributed by atoms with Crippen LogP contribution in [0.2, 0.25) is 0 Å². The number of rotatable bonds is 4. The lowest BCUT2D eigenvalue weighted by Gasteiger charge is -2.28. The lowest BCUT2D eigenvalue weighted by atomic mass is 9.96. The predicted molar refractivity (Wildman–Crippen MR) is 61.2 cm³/mol. The van der Waals surface area contributed by atoms with Crippen LogP contribution >= 0.6 is 0 Å². The molecule has 86 valence electrons. The van der Waals surface area contributed by atoms with Crippen LogP contribution in [0.15, 0.2) is 12.1 Å². The molecule has 0 spiro atoms. The molecule has 6 heteroatoms. The summed E-state index contributed by atoms with van der Waals surface area (Å²) in [6, 6.07) is 3.75. The molecule has 0 aliphatic carbocycles. The topological polar surface area (TPSA) is 68.0 Å². The molecule has 0 atom stereocenters. The molecule has 2 aromatic rings. The van der Waals surface area contributed by atoms with Crippen LogP contribution in [-0.4, -0.2) is 30.8 Å². The minimum Gasteiger partial charge on any atom is -0.363 e. The maximum atomic E-state index is 4.29. The summed E-state index contributed by atoms with van der Waals surface area (Å²) < 4.78 is 1.42. The number of nitrogens with one attached hydrogen (secondary N) is 1. The second-order valence-electron chi connectivity index (χ2n) is 4.14. The molecule has 0 unspecified atom stereocenters.